The molecule has 0 saturated heterocycles. The van der Waals surface area contributed by atoms with Crippen molar-refractivity contribution < 1.29 is 206 Å². The van der Waals surface area contributed by atoms with E-state index in [2.05, 4.69) is 0 Å². The summed E-state index contributed by atoms with van der Waals surface area (Å²) in [6.45, 7) is 0. The number of hydrogen-bond donors (Lipinski definition) is 1. The van der Waals surface area contributed by atoms with E-state index in [1.165, 1.54) is 9.79 Å². The number of benzene rings is 4. The molecule has 0 radical (unpaired) electrons. The molecule has 4 aromatic rings. The molecule has 0 fully saturated rings. The second kappa shape index (κ2) is 54.9. The molecule has 0 saturated carbocycles. The summed E-state index contributed by atoms with van der Waals surface area (Å²) in [6.07, 6.45) is 0. The average molecular weight is 864 g/mol. The van der Waals surface area contributed by atoms with Crippen LogP contribution in [-0.2, 0) is 40.5 Å². The van der Waals surface area contributed by atoms with Gasteiger partial charge in [0.25, 0.3) is 0 Å². The molecule has 4 N–H and O–H groups in total. The van der Waals surface area contributed by atoms with Gasteiger partial charge < -0.3 is 69.0 Å². The normalized spacial score (nSPS) is 6.67. The van der Waals surface area contributed by atoms with Crippen molar-refractivity contribution in [2.24, 2.45) is 0 Å². The minimum atomic E-state index is 0. The van der Waals surface area contributed by atoms with E-state index >= 15 is 0 Å². The number of phenolic OH excluding ortho intramolecular Hbond substituents is 1. The summed E-state index contributed by atoms with van der Waals surface area (Å²) >= 11 is 20.7. The third-order valence-corrected chi connectivity index (χ3v) is 6.54. The fourth-order valence-electron chi connectivity index (χ4n) is 2.29. The number of halogens is 4. The van der Waals surface area contributed by atoms with E-state index in [1.54, 1.807) is 35.7 Å². The van der Waals surface area contributed by atoms with Gasteiger partial charge in [0, 0.05) is 34.6 Å². The van der Waals surface area contributed by atoms with Gasteiger partial charge in [-0.15, -0.1) is 0 Å². The van der Waals surface area contributed by atoms with Crippen molar-refractivity contribution in [3.63, 3.8) is 0 Å². The minimum absolute atomic E-state index is 0. The molecule has 0 bridgehead atoms. The molecule has 0 amide bonds. The van der Waals surface area contributed by atoms with E-state index in [-0.39, 0.29) is 277 Å². The van der Waals surface area contributed by atoms with E-state index in [0.29, 0.717) is 0 Å². The van der Waals surface area contributed by atoms with Crippen molar-refractivity contribution in [1.29, 1.82) is 0 Å². The second-order valence-electron chi connectivity index (χ2n) is 6.06. The van der Waals surface area contributed by atoms with Crippen molar-refractivity contribution in [2.45, 2.75) is 49.3 Å². The van der Waals surface area contributed by atoms with E-state index in [9.17, 15) is 0 Å². The Morgan fingerprint density at radius 3 is 0.717 bits per heavy atom. The molecule has 0 spiro atoms. The molecule has 0 aliphatic rings. The second-order valence-corrected chi connectivity index (χ2v) is 9.66. The van der Waals surface area contributed by atoms with E-state index in [1.807, 2.05) is 84.9 Å². The minimum Gasteiger partial charge on any atom is -1.00 e. The van der Waals surface area contributed by atoms with Gasteiger partial charge in [0.05, 0.1) is 0 Å². The van der Waals surface area contributed by atoms with Crippen LogP contribution in [0, 0.1) is 0 Å². The maximum Gasteiger partial charge on any atom is 1.00 e. The molecule has 46 heavy (non-hydrogen) atoms. The molecule has 232 valence electrons. The average Bonchev–Trinajstić information content (AvgIpc) is 2.75. The van der Waals surface area contributed by atoms with Crippen molar-refractivity contribution in [1.82, 2.24) is 0 Å². The summed E-state index contributed by atoms with van der Waals surface area (Å²) in [6, 6.07) is 30.4. The van der Waals surface area contributed by atoms with Crippen molar-refractivity contribution in [3.05, 3.63) is 112 Å². The number of phenols is 1. The van der Waals surface area contributed by atoms with Crippen LogP contribution in [0.15, 0.2) is 117 Å². The Balaban J connectivity index is -0.0000000275. The topological polar surface area (TPSA) is 81.7 Å². The number of rotatable bonds is 4. The first-order valence-corrected chi connectivity index (χ1v) is 11.7. The summed E-state index contributed by atoms with van der Waals surface area (Å²) in [4.78, 5) is 4.56. The van der Waals surface area contributed by atoms with Crippen LogP contribution in [0.4, 0.5) is 0 Å². The first kappa shape index (κ1) is 93.4. The van der Waals surface area contributed by atoms with Gasteiger partial charge in [-0.25, -0.2) is 0 Å². The molecule has 0 aliphatic carbocycles. The Labute approximate surface area is 462 Å². The quantitative estimate of drug-likeness (QED) is 0.124. The molecule has 3 nitrogen and oxygen atoms in total. The van der Waals surface area contributed by atoms with Crippen LogP contribution < -0.4 is 190 Å². The molecule has 0 atom stereocenters. The SMILES string of the molecule is C.C.C.C.Clc1ccc(Sc2ccc(Cl)cc2)cc1.O.Oc1ccc(Sc2ccc(Cl)cc2)cc1.[Cl-].[Na+].[Na+].[Na+].[Na+].[Na+].[Na+].[OH-].[SH-].[SH-].[SH-]. The van der Waals surface area contributed by atoms with Gasteiger partial charge in [0.2, 0.25) is 0 Å². The van der Waals surface area contributed by atoms with Crippen LogP contribution in [0.3, 0.4) is 0 Å². The van der Waals surface area contributed by atoms with Gasteiger partial charge in [-0.3, -0.25) is 0 Å². The Kier molecular flexibility index (Phi) is 111. The Bertz CT molecular complexity index is 923. The molecule has 0 unspecified atom stereocenters. The number of hydrogen-bond acceptors (Lipinski definition) is 7. The van der Waals surface area contributed by atoms with Crippen LogP contribution in [0.2, 0.25) is 15.1 Å². The molecular weight excluding hydrogens is 824 g/mol. The molecule has 4 rings (SSSR count). The third-order valence-electron chi connectivity index (χ3n) is 3.75. The summed E-state index contributed by atoms with van der Waals surface area (Å²) in [5.74, 6) is 0.287. The van der Waals surface area contributed by atoms with Crippen molar-refractivity contribution in [2.75, 3.05) is 0 Å². The standard InChI is InChI=1S/C12H8Cl2S.C12H9ClOS.4CH4.ClH.6Na.2H2O.3H2S/c2*13-9-1-5-11(6-2-9)15-12-7-3-10(14)4-8-12;;;;;;;;;;;;;;;;/h1-8H;1-8,14H;4*1H4;1H;;;;;;;5*1H2/q;;;;;;;6*+1;;;;;/p-5. The molecule has 0 heterocycles. The van der Waals surface area contributed by atoms with Crippen LogP contribution in [0.1, 0.15) is 29.7 Å². The fraction of sp³-hybridized carbons (Fsp3) is 0.143. The van der Waals surface area contributed by atoms with Crippen LogP contribution in [0.5, 0.6) is 5.75 Å². The summed E-state index contributed by atoms with van der Waals surface area (Å²) in [7, 11) is 0. The monoisotopic (exact) mass is 861 g/mol. The number of thiol groups is 3. The van der Waals surface area contributed by atoms with E-state index in [4.69, 9.17) is 39.9 Å². The van der Waals surface area contributed by atoms with Crippen LogP contribution in [0.25, 0.3) is 0 Å². The maximum atomic E-state index is 9.13. The fourth-order valence-corrected chi connectivity index (χ4v) is 4.31. The maximum absolute atomic E-state index is 9.13. The Hall–Kier alpha value is 5.51. The van der Waals surface area contributed by atoms with E-state index < -0.39 is 0 Å². The van der Waals surface area contributed by atoms with Gasteiger partial charge in [-0.2, -0.15) is 0 Å². The zero-order valence-corrected chi connectivity index (χ0v) is 43.6. The molecule has 4 aromatic carbocycles. The van der Waals surface area contributed by atoms with Gasteiger partial charge in [-0.1, -0.05) is 88.0 Å². The summed E-state index contributed by atoms with van der Waals surface area (Å²) in [5, 5.41) is 11.4. The predicted octanol–water partition coefficient (Wildman–Crippen LogP) is -10.9. The van der Waals surface area contributed by atoms with Crippen LogP contribution in [-0.4, -0.2) is 16.1 Å². The van der Waals surface area contributed by atoms with Crippen molar-refractivity contribution >= 4 is 98.8 Å². The molecule has 0 aromatic heterocycles. The van der Waals surface area contributed by atoms with Gasteiger partial charge in [0.1, 0.15) is 5.75 Å². The Morgan fingerprint density at radius 1 is 0.391 bits per heavy atom. The first-order valence-electron chi connectivity index (χ1n) is 8.89. The molecule has 0 aliphatic heterocycles. The first-order chi connectivity index (χ1) is 14.5. The van der Waals surface area contributed by atoms with Gasteiger partial charge in [-0.05, 0) is 97.1 Å². The Morgan fingerprint density at radius 2 is 0.543 bits per heavy atom. The molecular formula is C28H39Cl4Na6O3S5+. The number of aromatic hydroxyl groups is 1. The summed E-state index contributed by atoms with van der Waals surface area (Å²) in [5.41, 5.74) is 0. The largest absolute Gasteiger partial charge is 1.00 e. The summed E-state index contributed by atoms with van der Waals surface area (Å²) < 4.78 is 0. The van der Waals surface area contributed by atoms with Gasteiger partial charge >= 0.3 is 177 Å². The zero-order valence-electron chi connectivity index (χ0n) is 24.3. The third kappa shape index (κ3) is 40.7. The van der Waals surface area contributed by atoms with Crippen molar-refractivity contribution in [3.8, 4) is 5.75 Å². The van der Waals surface area contributed by atoms with Crippen LogP contribution >= 0.6 is 58.3 Å². The smallest absolute Gasteiger partial charge is 1.00 e. The predicted molar refractivity (Wildman–Crippen MR) is 189 cm³/mol. The zero-order chi connectivity index (χ0) is 21.3. The van der Waals surface area contributed by atoms with Gasteiger partial charge in [0.15, 0.2) is 0 Å². The molecule has 18 heteroatoms. The van der Waals surface area contributed by atoms with E-state index in [0.717, 1.165) is 24.9 Å².